The summed E-state index contributed by atoms with van der Waals surface area (Å²) in [4.78, 5) is 22.4. The molecule has 0 aromatic heterocycles. The smallest absolute Gasteiger partial charge is 0.373 e. The Bertz CT molecular complexity index is 472. The third kappa shape index (κ3) is 4.65. The Morgan fingerprint density at radius 1 is 1.28 bits per heavy atom. The van der Waals surface area contributed by atoms with Crippen molar-refractivity contribution >= 4 is 17.8 Å². The maximum atomic E-state index is 11.4. The molecule has 0 amide bonds. The van der Waals surface area contributed by atoms with Gasteiger partial charge in [0.05, 0.1) is 6.61 Å². The third-order valence-electron chi connectivity index (χ3n) is 2.00. The molecule has 0 saturated heterocycles. The Kier molecular flexibility index (Phi) is 5.38. The van der Waals surface area contributed by atoms with Crippen LogP contribution in [0.5, 0.6) is 0 Å². The Hall–Kier alpha value is -2.36. The van der Waals surface area contributed by atoms with Crippen molar-refractivity contribution in [3.05, 3.63) is 53.8 Å². The van der Waals surface area contributed by atoms with E-state index in [0.717, 1.165) is 11.6 Å². The van der Waals surface area contributed by atoms with Gasteiger partial charge in [0.15, 0.2) is 5.78 Å². The molecule has 4 heteroatoms. The molecular weight excluding hydrogens is 232 g/mol. The number of hydrogen-bond donors (Lipinski definition) is 1. The number of allylic oxidation sites excluding steroid dienone is 2. The zero-order valence-electron chi connectivity index (χ0n) is 10.00. The molecule has 0 fully saturated rings. The molecule has 0 bridgehead atoms. The van der Waals surface area contributed by atoms with Crippen molar-refractivity contribution < 1.29 is 19.4 Å². The van der Waals surface area contributed by atoms with Crippen molar-refractivity contribution in [2.75, 3.05) is 6.61 Å². The molecule has 0 aliphatic carbocycles. The molecule has 0 aliphatic rings. The van der Waals surface area contributed by atoms with E-state index in [2.05, 4.69) is 4.74 Å². The summed E-state index contributed by atoms with van der Waals surface area (Å²) in [6.07, 6.45) is 3.69. The van der Waals surface area contributed by atoms with Crippen LogP contribution in [0.25, 0.3) is 6.08 Å². The maximum Gasteiger partial charge on any atom is 0.373 e. The lowest BCUT2D eigenvalue weighted by atomic mass is 10.2. The molecule has 1 aromatic carbocycles. The van der Waals surface area contributed by atoms with Gasteiger partial charge in [-0.1, -0.05) is 36.4 Å². The summed E-state index contributed by atoms with van der Waals surface area (Å²) in [5.41, 5.74) is 0.856. The Labute approximate surface area is 105 Å². The first-order valence-corrected chi connectivity index (χ1v) is 5.48. The van der Waals surface area contributed by atoms with Crippen LogP contribution in [0.3, 0.4) is 0 Å². The van der Waals surface area contributed by atoms with Gasteiger partial charge in [0, 0.05) is 6.08 Å². The molecule has 0 radical (unpaired) electrons. The van der Waals surface area contributed by atoms with Gasteiger partial charge in [0.1, 0.15) is 0 Å². The van der Waals surface area contributed by atoms with Crippen molar-refractivity contribution in [1.29, 1.82) is 0 Å². The van der Waals surface area contributed by atoms with E-state index < -0.39 is 17.5 Å². The standard InChI is InChI=1S/C14H14O4/c1-2-18-14(17)13(16)10-12(15)9-8-11-6-4-3-5-7-11/h3-10,16H,2H2,1H3/b9-8+,13-10?. The van der Waals surface area contributed by atoms with E-state index in [-0.39, 0.29) is 6.61 Å². The molecule has 0 spiro atoms. The van der Waals surface area contributed by atoms with Gasteiger partial charge in [-0.05, 0) is 18.6 Å². The molecule has 18 heavy (non-hydrogen) atoms. The number of aliphatic hydroxyl groups is 1. The largest absolute Gasteiger partial charge is 0.502 e. The number of esters is 1. The van der Waals surface area contributed by atoms with Gasteiger partial charge in [-0.3, -0.25) is 4.79 Å². The van der Waals surface area contributed by atoms with Crippen molar-refractivity contribution in [3.63, 3.8) is 0 Å². The van der Waals surface area contributed by atoms with Gasteiger partial charge in [-0.15, -0.1) is 0 Å². The normalized spacial score (nSPS) is 11.5. The number of benzene rings is 1. The fraction of sp³-hybridized carbons (Fsp3) is 0.143. The first kappa shape index (κ1) is 13.7. The van der Waals surface area contributed by atoms with E-state index in [1.807, 2.05) is 30.3 Å². The molecule has 1 aromatic rings. The summed E-state index contributed by atoms with van der Waals surface area (Å²) < 4.78 is 4.53. The number of rotatable bonds is 5. The van der Waals surface area contributed by atoms with E-state index in [9.17, 15) is 14.7 Å². The fourth-order valence-electron chi connectivity index (χ4n) is 1.19. The molecule has 0 aliphatic heterocycles. The van der Waals surface area contributed by atoms with Crippen molar-refractivity contribution in [2.24, 2.45) is 0 Å². The van der Waals surface area contributed by atoms with Gasteiger partial charge in [0.2, 0.25) is 5.76 Å². The van der Waals surface area contributed by atoms with Crippen molar-refractivity contribution in [1.82, 2.24) is 0 Å². The second-order valence-electron chi connectivity index (χ2n) is 3.40. The zero-order chi connectivity index (χ0) is 13.4. The first-order valence-electron chi connectivity index (χ1n) is 5.48. The van der Waals surface area contributed by atoms with Gasteiger partial charge in [-0.25, -0.2) is 4.79 Å². The molecular formula is C14H14O4. The van der Waals surface area contributed by atoms with Crippen molar-refractivity contribution in [3.8, 4) is 0 Å². The van der Waals surface area contributed by atoms with E-state index >= 15 is 0 Å². The highest BCUT2D eigenvalue weighted by molar-refractivity contribution is 6.05. The van der Waals surface area contributed by atoms with Crippen LogP contribution in [0.4, 0.5) is 0 Å². The van der Waals surface area contributed by atoms with Crippen LogP contribution >= 0.6 is 0 Å². The molecule has 0 heterocycles. The third-order valence-corrected chi connectivity index (χ3v) is 2.00. The molecule has 4 nitrogen and oxygen atoms in total. The number of carbonyl (C=O) groups is 2. The summed E-state index contributed by atoms with van der Waals surface area (Å²) in [5, 5.41) is 9.25. The number of aliphatic hydroxyl groups excluding tert-OH is 1. The zero-order valence-corrected chi connectivity index (χ0v) is 10.00. The molecule has 94 valence electrons. The van der Waals surface area contributed by atoms with Crippen LogP contribution in [-0.4, -0.2) is 23.5 Å². The van der Waals surface area contributed by atoms with Gasteiger partial charge in [0.25, 0.3) is 0 Å². The molecule has 0 unspecified atom stereocenters. The molecule has 0 atom stereocenters. The van der Waals surface area contributed by atoms with Crippen LogP contribution in [0.1, 0.15) is 12.5 Å². The highest BCUT2D eigenvalue weighted by Crippen LogP contribution is 2.02. The minimum atomic E-state index is -0.904. The van der Waals surface area contributed by atoms with E-state index in [1.54, 1.807) is 13.0 Å². The Balaban J connectivity index is 2.64. The second kappa shape index (κ2) is 7.06. The lowest BCUT2D eigenvalue weighted by molar-refractivity contribution is -0.141. The second-order valence-corrected chi connectivity index (χ2v) is 3.40. The minimum Gasteiger partial charge on any atom is -0.502 e. The van der Waals surface area contributed by atoms with Gasteiger partial charge < -0.3 is 9.84 Å². The van der Waals surface area contributed by atoms with Gasteiger partial charge >= 0.3 is 5.97 Å². The lowest BCUT2D eigenvalue weighted by Crippen LogP contribution is -2.08. The summed E-state index contributed by atoms with van der Waals surface area (Å²) in [5.74, 6) is -2.08. The monoisotopic (exact) mass is 246 g/mol. The lowest BCUT2D eigenvalue weighted by Gasteiger charge is -1.98. The number of hydrogen-bond acceptors (Lipinski definition) is 4. The molecule has 0 saturated carbocycles. The predicted octanol–water partition coefficient (Wildman–Crippen LogP) is 2.27. The van der Waals surface area contributed by atoms with Crippen molar-refractivity contribution in [2.45, 2.75) is 6.92 Å². The average Bonchev–Trinajstić information content (AvgIpc) is 2.38. The Morgan fingerprint density at radius 3 is 2.56 bits per heavy atom. The van der Waals surface area contributed by atoms with Crippen LogP contribution in [0.15, 0.2) is 48.2 Å². The fourth-order valence-corrected chi connectivity index (χ4v) is 1.19. The quantitative estimate of drug-likeness (QED) is 0.492. The summed E-state index contributed by atoms with van der Waals surface area (Å²) in [7, 11) is 0. The van der Waals surface area contributed by atoms with Crippen LogP contribution in [-0.2, 0) is 14.3 Å². The first-order chi connectivity index (χ1) is 8.63. The average molecular weight is 246 g/mol. The van der Waals surface area contributed by atoms with Crippen LogP contribution in [0.2, 0.25) is 0 Å². The number of ketones is 1. The number of ether oxygens (including phenoxy) is 1. The van der Waals surface area contributed by atoms with Gasteiger partial charge in [-0.2, -0.15) is 0 Å². The highest BCUT2D eigenvalue weighted by Gasteiger charge is 2.08. The number of carbonyl (C=O) groups excluding carboxylic acids is 2. The molecule has 1 rings (SSSR count). The topological polar surface area (TPSA) is 63.6 Å². The van der Waals surface area contributed by atoms with E-state index in [1.165, 1.54) is 6.08 Å². The summed E-state index contributed by atoms with van der Waals surface area (Å²) in [6.45, 7) is 1.76. The van der Waals surface area contributed by atoms with E-state index in [4.69, 9.17) is 0 Å². The highest BCUT2D eigenvalue weighted by atomic mass is 16.5. The summed E-state index contributed by atoms with van der Waals surface area (Å²) >= 11 is 0. The van der Waals surface area contributed by atoms with Crippen LogP contribution in [0, 0.1) is 0 Å². The minimum absolute atomic E-state index is 0.144. The van der Waals surface area contributed by atoms with E-state index in [0.29, 0.717) is 0 Å². The van der Waals surface area contributed by atoms with Crippen LogP contribution < -0.4 is 0 Å². The SMILES string of the molecule is CCOC(=O)C(O)=CC(=O)/C=C/c1ccccc1. The summed E-state index contributed by atoms with van der Waals surface area (Å²) in [6, 6.07) is 9.22. The maximum absolute atomic E-state index is 11.4. The molecule has 1 N–H and O–H groups in total. The predicted molar refractivity (Wildman–Crippen MR) is 67.8 cm³/mol. The Morgan fingerprint density at radius 2 is 1.94 bits per heavy atom.